The molecule has 1 heterocycles. The van der Waals surface area contributed by atoms with Crippen LogP contribution < -0.4 is 10.7 Å². The van der Waals surface area contributed by atoms with Gasteiger partial charge in [0.1, 0.15) is 17.7 Å². The van der Waals surface area contributed by atoms with Crippen LogP contribution in [0.5, 0.6) is 0 Å². The summed E-state index contributed by atoms with van der Waals surface area (Å²) in [5.74, 6) is -0.729. The van der Waals surface area contributed by atoms with Gasteiger partial charge in [0.05, 0.1) is 11.0 Å². The molecule has 0 amide bonds. The zero-order valence-electron chi connectivity index (χ0n) is 9.75. The number of hydrogen-bond donors (Lipinski definition) is 2. The zero-order chi connectivity index (χ0) is 12.5. The summed E-state index contributed by atoms with van der Waals surface area (Å²) < 4.78 is 5.17. The Hall–Kier alpha value is -1.78. The van der Waals surface area contributed by atoms with Crippen LogP contribution in [0.25, 0.3) is 0 Å². The molecule has 0 aliphatic carbocycles. The number of hydrogen-bond acceptors (Lipinski definition) is 4. The van der Waals surface area contributed by atoms with E-state index < -0.39 is 11.4 Å². The Kier molecular flexibility index (Phi) is 3.07. The molecule has 0 aromatic carbocycles. The van der Waals surface area contributed by atoms with Gasteiger partial charge < -0.3 is 14.8 Å². The average molecular weight is 225 g/mol. The zero-order valence-corrected chi connectivity index (χ0v) is 9.75. The molecular formula is C11H15NO4. The summed E-state index contributed by atoms with van der Waals surface area (Å²) >= 11 is 0. The van der Waals surface area contributed by atoms with E-state index in [0.29, 0.717) is 5.76 Å². The standard InChI is InChI=1S/C11H15NO4/c1-6-8(11(2,3)10(14)15)9(13)7(12-4)5-16-6/h5,12H,1-4H3,(H,14,15). The first-order valence-corrected chi connectivity index (χ1v) is 4.86. The number of rotatable bonds is 3. The molecule has 0 aliphatic heterocycles. The molecular weight excluding hydrogens is 210 g/mol. The van der Waals surface area contributed by atoms with Crippen molar-refractivity contribution in [3.8, 4) is 0 Å². The van der Waals surface area contributed by atoms with Gasteiger partial charge in [-0.3, -0.25) is 9.59 Å². The smallest absolute Gasteiger partial charge is 0.313 e. The maximum atomic E-state index is 12.0. The van der Waals surface area contributed by atoms with Crippen molar-refractivity contribution in [3.05, 3.63) is 27.8 Å². The van der Waals surface area contributed by atoms with Crippen molar-refractivity contribution >= 4 is 11.7 Å². The minimum atomic E-state index is -1.27. The van der Waals surface area contributed by atoms with Gasteiger partial charge in [-0.1, -0.05) is 0 Å². The summed E-state index contributed by atoms with van der Waals surface area (Å²) in [5.41, 5.74) is -1.17. The minimum absolute atomic E-state index is 0.173. The van der Waals surface area contributed by atoms with Crippen LogP contribution in [-0.2, 0) is 10.2 Å². The Morgan fingerprint density at radius 3 is 2.50 bits per heavy atom. The van der Waals surface area contributed by atoms with Crippen LogP contribution in [-0.4, -0.2) is 18.1 Å². The fourth-order valence-electron chi connectivity index (χ4n) is 1.56. The van der Waals surface area contributed by atoms with Crippen LogP contribution in [0.2, 0.25) is 0 Å². The molecule has 0 atom stereocenters. The first-order valence-electron chi connectivity index (χ1n) is 4.86. The monoisotopic (exact) mass is 225 g/mol. The fraction of sp³-hybridized carbons (Fsp3) is 0.455. The third-order valence-electron chi connectivity index (χ3n) is 2.61. The van der Waals surface area contributed by atoms with E-state index in [4.69, 9.17) is 9.52 Å². The van der Waals surface area contributed by atoms with Crippen molar-refractivity contribution < 1.29 is 14.3 Å². The van der Waals surface area contributed by atoms with Crippen molar-refractivity contribution in [2.24, 2.45) is 0 Å². The van der Waals surface area contributed by atoms with Crippen LogP contribution in [0.3, 0.4) is 0 Å². The Morgan fingerprint density at radius 2 is 2.06 bits per heavy atom. The first-order chi connectivity index (χ1) is 7.32. The van der Waals surface area contributed by atoms with Crippen molar-refractivity contribution in [1.82, 2.24) is 0 Å². The summed E-state index contributed by atoms with van der Waals surface area (Å²) in [6.07, 6.45) is 1.29. The molecule has 0 saturated carbocycles. The Labute approximate surface area is 93.1 Å². The van der Waals surface area contributed by atoms with Crippen molar-refractivity contribution in [2.75, 3.05) is 12.4 Å². The van der Waals surface area contributed by atoms with E-state index in [-0.39, 0.29) is 16.7 Å². The predicted octanol–water partition coefficient (Wildman–Crippen LogP) is 1.35. The number of carboxylic acids is 1. The number of nitrogens with one attached hydrogen (secondary N) is 1. The van der Waals surface area contributed by atoms with Gasteiger partial charge in [-0.05, 0) is 20.8 Å². The van der Waals surface area contributed by atoms with E-state index in [1.807, 2.05) is 0 Å². The van der Waals surface area contributed by atoms with Crippen LogP contribution in [0.15, 0.2) is 15.5 Å². The highest BCUT2D eigenvalue weighted by Crippen LogP contribution is 2.24. The SMILES string of the molecule is CNc1coc(C)c(C(C)(C)C(=O)O)c1=O. The van der Waals surface area contributed by atoms with Crippen LogP contribution in [0.4, 0.5) is 5.69 Å². The number of anilines is 1. The van der Waals surface area contributed by atoms with Crippen molar-refractivity contribution in [1.29, 1.82) is 0 Å². The van der Waals surface area contributed by atoms with E-state index in [1.54, 1.807) is 14.0 Å². The molecule has 0 saturated heterocycles. The fourth-order valence-corrected chi connectivity index (χ4v) is 1.56. The van der Waals surface area contributed by atoms with Gasteiger partial charge in [0.15, 0.2) is 0 Å². The third-order valence-corrected chi connectivity index (χ3v) is 2.61. The number of aliphatic carboxylic acids is 1. The molecule has 0 unspecified atom stereocenters. The molecule has 0 bridgehead atoms. The lowest BCUT2D eigenvalue weighted by Gasteiger charge is -2.20. The molecule has 1 rings (SSSR count). The molecule has 88 valence electrons. The van der Waals surface area contributed by atoms with Gasteiger partial charge in [0, 0.05) is 7.05 Å². The molecule has 0 fully saturated rings. The third kappa shape index (κ3) is 1.80. The maximum Gasteiger partial charge on any atom is 0.313 e. The Balaban J connectivity index is 3.56. The van der Waals surface area contributed by atoms with Crippen LogP contribution >= 0.6 is 0 Å². The van der Waals surface area contributed by atoms with Gasteiger partial charge >= 0.3 is 5.97 Å². The lowest BCUT2D eigenvalue weighted by atomic mass is 9.84. The summed E-state index contributed by atoms with van der Waals surface area (Å²) in [5, 5.41) is 11.8. The molecule has 16 heavy (non-hydrogen) atoms. The highest BCUT2D eigenvalue weighted by Gasteiger charge is 2.35. The molecule has 1 aromatic heterocycles. The lowest BCUT2D eigenvalue weighted by Crippen LogP contribution is -2.35. The van der Waals surface area contributed by atoms with Crippen LogP contribution in [0, 0.1) is 6.92 Å². The molecule has 0 radical (unpaired) electrons. The van der Waals surface area contributed by atoms with Gasteiger partial charge in [-0.15, -0.1) is 0 Å². The topological polar surface area (TPSA) is 79.5 Å². The summed E-state index contributed by atoms with van der Waals surface area (Å²) in [6.45, 7) is 4.54. The quantitative estimate of drug-likeness (QED) is 0.811. The highest BCUT2D eigenvalue weighted by atomic mass is 16.4. The molecule has 1 aromatic rings. The van der Waals surface area contributed by atoms with Gasteiger partial charge in [-0.25, -0.2) is 0 Å². The molecule has 0 spiro atoms. The Morgan fingerprint density at radius 1 is 1.50 bits per heavy atom. The second kappa shape index (κ2) is 4.00. The number of carbonyl (C=O) groups is 1. The first kappa shape index (κ1) is 12.3. The largest absolute Gasteiger partial charge is 0.481 e. The van der Waals surface area contributed by atoms with E-state index in [1.165, 1.54) is 20.1 Å². The average Bonchev–Trinajstić information content (AvgIpc) is 2.17. The van der Waals surface area contributed by atoms with E-state index >= 15 is 0 Å². The number of aryl methyl sites for hydroxylation is 1. The molecule has 5 heteroatoms. The summed E-state index contributed by atoms with van der Waals surface area (Å²) in [4.78, 5) is 23.1. The van der Waals surface area contributed by atoms with Crippen LogP contribution in [0.1, 0.15) is 25.2 Å². The van der Waals surface area contributed by atoms with Gasteiger partial charge in [0.2, 0.25) is 5.43 Å². The van der Waals surface area contributed by atoms with Gasteiger partial charge in [-0.2, -0.15) is 0 Å². The highest BCUT2D eigenvalue weighted by molar-refractivity contribution is 5.80. The summed E-state index contributed by atoms with van der Waals surface area (Å²) in [6, 6.07) is 0. The molecule has 2 N–H and O–H groups in total. The Bertz CT molecular complexity index is 473. The summed E-state index contributed by atoms with van der Waals surface area (Å²) in [7, 11) is 1.58. The van der Waals surface area contributed by atoms with E-state index in [9.17, 15) is 9.59 Å². The minimum Gasteiger partial charge on any atom is -0.481 e. The van der Waals surface area contributed by atoms with Crippen molar-refractivity contribution in [3.63, 3.8) is 0 Å². The van der Waals surface area contributed by atoms with Crippen molar-refractivity contribution in [2.45, 2.75) is 26.2 Å². The second-order valence-corrected chi connectivity index (χ2v) is 4.09. The van der Waals surface area contributed by atoms with E-state index in [2.05, 4.69) is 5.32 Å². The second-order valence-electron chi connectivity index (χ2n) is 4.09. The maximum absolute atomic E-state index is 12.0. The van der Waals surface area contributed by atoms with Gasteiger partial charge in [0.25, 0.3) is 0 Å². The number of carboxylic acid groups (broad SMARTS) is 1. The lowest BCUT2D eigenvalue weighted by molar-refractivity contribution is -0.142. The normalized spacial score (nSPS) is 11.2. The molecule has 5 nitrogen and oxygen atoms in total. The predicted molar refractivity (Wildman–Crippen MR) is 59.9 cm³/mol. The van der Waals surface area contributed by atoms with E-state index in [0.717, 1.165) is 0 Å². The molecule has 0 aliphatic rings.